The first kappa shape index (κ1) is 27.2. The first-order chi connectivity index (χ1) is 16.6. The largest absolute Gasteiger partial charge is 0.496 e. The Hall–Kier alpha value is -2.43. The van der Waals surface area contributed by atoms with Crippen molar-refractivity contribution in [2.45, 2.75) is 61.3 Å². The van der Waals surface area contributed by atoms with Gasteiger partial charge in [0.05, 0.1) is 22.9 Å². The Bertz CT molecular complexity index is 1240. The summed E-state index contributed by atoms with van der Waals surface area (Å²) in [6.45, 7) is 2.98. The van der Waals surface area contributed by atoms with E-state index in [2.05, 4.69) is 5.32 Å². The summed E-state index contributed by atoms with van der Waals surface area (Å²) in [7, 11) is -5.36. The number of hydrogen-bond acceptors (Lipinski definition) is 6. The standard InChI is InChI=1S/C25H34N2O6S2/c1-4-23(19-8-11-21(12-9-19)34(3,29)30)26-25(28)15-10-20-18-22(13-14-24(20)33-2)35(31,32)27-16-6-5-7-17-27/h8-9,11-14,18,23H,4-7,10,15-17H2,1-3H3,(H,26,28). The molecule has 0 aromatic heterocycles. The summed E-state index contributed by atoms with van der Waals surface area (Å²) in [5.74, 6) is 0.356. The molecule has 2 aromatic rings. The van der Waals surface area contributed by atoms with Crippen molar-refractivity contribution in [1.29, 1.82) is 0 Å². The van der Waals surface area contributed by atoms with E-state index >= 15 is 0 Å². The predicted octanol–water partition coefficient (Wildman–Crippen LogP) is 3.47. The molecule has 192 valence electrons. The average Bonchev–Trinajstić information content (AvgIpc) is 2.86. The van der Waals surface area contributed by atoms with Gasteiger partial charge in [-0.05, 0) is 67.1 Å². The Balaban J connectivity index is 1.69. The summed E-state index contributed by atoms with van der Waals surface area (Å²) in [4.78, 5) is 13.2. The highest BCUT2D eigenvalue weighted by Crippen LogP contribution is 2.27. The van der Waals surface area contributed by atoms with Crippen LogP contribution in [0.2, 0.25) is 0 Å². The van der Waals surface area contributed by atoms with Crippen LogP contribution in [0.5, 0.6) is 5.75 Å². The van der Waals surface area contributed by atoms with Gasteiger partial charge in [0, 0.05) is 25.8 Å². The second-order valence-electron chi connectivity index (χ2n) is 8.81. The number of sulfone groups is 1. The second-order valence-corrected chi connectivity index (χ2v) is 12.8. The number of ether oxygens (including phenoxy) is 1. The van der Waals surface area contributed by atoms with E-state index in [9.17, 15) is 21.6 Å². The third-order valence-corrected chi connectivity index (χ3v) is 9.30. The highest BCUT2D eigenvalue weighted by atomic mass is 32.2. The van der Waals surface area contributed by atoms with Crippen molar-refractivity contribution in [3.63, 3.8) is 0 Å². The number of rotatable bonds is 10. The van der Waals surface area contributed by atoms with E-state index in [-0.39, 0.29) is 28.2 Å². The molecular weight excluding hydrogens is 488 g/mol. The zero-order valence-electron chi connectivity index (χ0n) is 20.5. The van der Waals surface area contributed by atoms with E-state index in [1.807, 2.05) is 6.92 Å². The smallest absolute Gasteiger partial charge is 0.243 e. The normalized spacial score (nSPS) is 16.0. The van der Waals surface area contributed by atoms with Gasteiger partial charge >= 0.3 is 0 Å². The fourth-order valence-corrected chi connectivity index (χ4v) is 6.45. The van der Waals surface area contributed by atoms with Crippen LogP contribution in [-0.4, -0.2) is 53.5 Å². The van der Waals surface area contributed by atoms with Crippen molar-refractivity contribution in [1.82, 2.24) is 9.62 Å². The minimum absolute atomic E-state index is 0.154. The summed E-state index contributed by atoms with van der Waals surface area (Å²) in [5.41, 5.74) is 1.48. The number of nitrogens with zero attached hydrogens (tertiary/aromatic N) is 1. The molecule has 8 nitrogen and oxygen atoms in total. The first-order valence-corrected chi connectivity index (χ1v) is 15.2. The number of piperidine rings is 1. The third kappa shape index (κ3) is 6.83. The molecule has 1 unspecified atom stereocenters. The number of hydrogen-bond donors (Lipinski definition) is 1. The van der Waals surface area contributed by atoms with Gasteiger partial charge in [0.15, 0.2) is 9.84 Å². The number of aryl methyl sites for hydroxylation is 1. The van der Waals surface area contributed by atoms with Gasteiger partial charge in [-0.25, -0.2) is 16.8 Å². The van der Waals surface area contributed by atoms with E-state index < -0.39 is 19.9 Å². The molecule has 1 aliphatic heterocycles. The molecule has 10 heteroatoms. The lowest BCUT2D eigenvalue weighted by Gasteiger charge is -2.26. The van der Waals surface area contributed by atoms with E-state index in [0.717, 1.165) is 31.1 Å². The van der Waals surface area contributed by atoms with Crippen LogP contribution >= 0.6 is 0 Å². The van der Waals surface area contributed by atoms with Crippen LogP contribution in [0.1, 0.15) is 56.2 Å². The molecular formula is C25H34N2O6S2. The molecule has 35 heavy (non-hydrogen) atoms. The maximum Gasteiger partial charge on any atom is 0.243 e. The van der Waals surface area contributed by atoms with Crippen molar-refractivity contribution < 1.29 is 26.4 Å². The molecule has 0 saturated carbocycles. The van der Waals surface area contributed by atoms with Gasteiger partial charge in [0.25, 0.3) is 0 Å². The number of amides is 1. The number of methoxy groups -OCH3 is 1. The van der Waals surface area contributed by atoms with Crippen molar-refractivity contribution in [3.8, 4) is 5.75 Å². The quantitative estimate of drug-likeness (QED) is 0.512. The van der Waals surface area contributed by atoms with Crippen molar-refractivity contribution in [3.05, 3.63) is 53.6 Å². The Morgan fingerprint density at radius 1 is 1.00 bits per heavy atom. The van der Waals surface area contributed by atoms with Crippen LogP contribution in [0.15, 0.2) is 52.3 Å². The van der Waals surface area contributed by atoms with Gasteiger partial charge in [-0.15, -0.1) is 0 Å². The molecule has 3 rings (SSSR count). The van der Waals surface area contributed by atoms with E-state index in [1.54, 1.807) is 42.5 Å². The molecule has 0 aliphatic carbocycles. The van der Waals surface area contributed by atoms with E-state index in [1.165, 1.54) is 11.4 Å². The second kappa shape index (κ2) is 11.5. The van der Waals surface area contributed by atoms with Crippen LogP contribution < -0.4 is 10.1 Å². The molecule has 0 bridgehead atoms. The maximum atomic E-state index is 13.1. The van der Waals surface area contributed by atoms with Crippen LogP contribution in [0.4, 0.5) is 0 Å². The fraction of sp³-hybridized carbons (Fsp3) is 0.480. The number of carbonyl (C=O) groups is 1. The Morgan fingerprint density at radius 2 is 1.63 bits per heavy atom. The highest BCUT2D eigenvalue weighted by Gasteiger charge is 2.27. The average molecular weight is 523 g/mol. The summed E-state index contributed by atoms with van der Waals surface area (Å²) in [5, 5.41) is 2.99. The van der Waals surface area contributed by atoms with E-state index in [0.29, 0.717) is 37.2 Å². The molecule has 1 heterocycles. The topological polar surface area (TPSA) is 110 Å². The van der Waals surface area contributed by atoms with Gasteiger partial charge in [0.2, 0.25) is 15.9 Å². The number of nitrogens with one attached hydrogen (secondary N) is 1. The Kier molecular flexibility index (Phi) is 8.95. The van der Waals surface area contributed by atoms with Crippen molar-refractivity contribution in [2.24, 2.45) is 0 Å². The molecule has 0 spiro atoms. The van der Waals surface area contributed by atoms with Crippen LogP contribution in [-0.2, 0) is 31.1 Å². The number of carbonyl (C=O) groups excluding carboxylic acids is 1. The maximum absolute atomic E-state index is 13.1. The summed E-state index contributed by atoms with van der Waals surface area (Å²) < 4.78 is 56.5. The number of sulfonamides is 1. The molecule has 0 radical (unpaired) electrons. The lowest BCUT2D eigenvalue weighted by Crippen LogP contribution is -2.35. The van der Waals surface area contributed by atoms with Gasteiger partial charge in [-0.2, -0.15) is 4.31 Å². The molecule has 2 aromatic carbocycles. The van der Waals surface area contributed by atoms with E-state index in [4.69, 9.17) is 4.74 Å². The molecule has 1 saturated heterocycles. The lowest BCUT2D eigenvalue weighted by atomic mass is 10.0. The third-order valence-electron chi connectivity index (χ3n) is 6.28. The summed E-state index contributed by atoms with van der Waals surface area (Å²) in [6, 6.07) is 11.0. The minimum atomic E-state index is -3.59. The molecule has 1 fully saturated rings. The van der Waals surface area contributed by atoms with Gasteiger partial charge in [0.1, 0.15) is 5.75 Å². The van der Waals surface area contributed by atoms with Gasteiger partial charge in [-0.1, -0.05) is 25.5 Å². The lowest BCUT2D eigenvalue weighted by molar-refractivity contribution is -0.121. The van der Waals surface area contributed by atoms with Crippen LogP contribution in [0, 0.1) is 0 Å². The van der Waals surface area contributed by atoms with Crippen molar-refractivity contribution in [2.75, 3.05) is 26.5 Å². The van der Waals surface area contributed by atoms with Gasteiger partial charge < -0.3 is 10.1 Å². The first-order valence-electron chi connectivity index (χ1n) is 11.8. The summed E-state index contributed by atoms with van der Waals surface area (Å²) >= 11 is 0. The Morgan fingerprint density at radius 3 is 2.20 bits per heavy atom. The zero-order chi connectivity index (χ0) is 25.6. The fourth-order valence-electron chi connectivity index (χ4n) is 4.25. The highest BCUT2D eigenvalue weighted by molar-refractivity contribution is 7.90. The van der Waals surface area contributed by atoms with Gasteiger partial charge in [-0.3, -0.25) is 4.79 Å². The van der Waals surface area contributed by atoms with Crippen LogP contribution in [0.3, 0.4) is 0 Å². The molecule has 1 N–H and O–H groups in total. The molecule has 1 aliphatic rings. The molecule has 1 amide bonds. The summed E-state index contributed by atoms with van der Waals surface area (Å²) in [6.07, 6.45) is 5.02. The number of benzene rings is 2. The minimum Gasteiger partial charge on any atom is -0.496 e. The predicted molar refractivity (Wildman–Crippen MR) is 135 cm³/mol. The zero-order valence-corrected chi connectivity index (χ0v) is 22.1. The SMILES string of the molecule is CCC(NC(=O)CCc1cc(S(=O)(=O)N2CCCCC2)ccc1OC)c1ccc(S(C)(=O)=O)cc1. The van der Waals surface area contributed by atoms with Crippen LogP contribution in [0.25, 0.3) is 0 Å². The monoisotopic (exact) mass is 522 g/mol. The Labute approximate surface area is 208 Å². The van der Waals surface area contributed by atoms with Crippen molar-refractivity contribution >= 4 is 25.8 Å². The molecule has 1 atom stereocenters.